The highest BCUT2D eigenvalue weighted by atomic mass is 32.1. The minimum atomic E-state index is -1.20. The first-order valence-electron chi connectivity index (χ1n) is 17.5. The topological polar surface area (TPSA) is 165 Å². The van der Waals surface area contributed by atoms with Gasteiger partial charge >= 0.3 is 12.1 Å². The van der Waals surface area contributed by atoms with E-state index < -0.39 is 53.4 Å². The summed E-state index contributed by atoms with van der Waals surface area (Å²) in [5.41, 5.74) is 3.85. The number of thiol groups is 1. The molecule has 278 valence electrons. The number of fused-ring (bicyclic) bond motifs is 5. The van der Waals surface area contributed by atoms with E-state index in [1.54, 1.807) is 12.2 Å². The number of aromatic nitrogens is 1. The fourth-order valence-corrected chi connectivity index (χ4v) is 6.28. The number of nitrogens with one attached hydrogen (secondary N) is 4. The molecule has 0 saturated heterocycles. The molecule has 0 saturated carbocycles. The van der Waals surface area contributed by atoms with Crippen molar-refractivity contribution in [3.05, 3.63) is 113 Å². The SMILES string of the molecule is C/C=C1\NC(=O)c2nc(ccc2F)CNC(=O)C[C@@H](/C=C/CCS)OC(=O)[C@H](CCCCNC(=O)OCC2c3ccccc3-c3ccccc32)NC1=O. The van der Waals surface area contributed by atoms with Crippen molar-refractivity contribution < 1.29 is 37.8 Å². The molecule has 1 aliphatic carbocycles. The predicted octanol–water partition coefficient (Wildman–Crippen LogP) is 4.86. The van der Waals surface area contributed by atoms with Crippen LogP contribution in [0.4, 0.5) is 9.18 Å². The van der Waals surface area contributed by atoms with Crippen LogP contribution in [0.15, 0.2) is 84.6 Å². The number of alkyl carbamates (subject to hydrolysis) is 1. The molecule has 1 aromatic heterocycles. The van der Waals surface area contributed by atoms with E-state index in [-0.39, 0.29) is 49.8 Å². The molecule has 0 spiro atoms. The van der Waals surface area contributed by atoms with Crippen molar-refractivity contribution in [2.24, 2.45) is 0 Å². The number of rotatable bonds is 10. The van der Waals surface area contributed by atoms with E-state index >= 15 is 0 Å². The standard InChI is InChI=1S/C39H42FN5O7S/c1-2-32-36(47)45-33(16-7-9-19-41-39(50)51-23-30-28-14-5-3-12-26(28)27-13-4-6-15-29(27)30)38(49)52-25(11-8-10-20-53)21-34(46)42-22-24-17-18-31(40)35(43-24)37(48)44-32/h2-6,8,11-15,17-18,25,30,33,53H,7,9-10,16,19-23H2,1H3,(H,41,50)(H,42,46)(H,44,48)(H,45,47)/b11-8+,32-2-/t25-,33+/m1/s1. The number of benzene rings is 2. The van der Waals surface area contributed by atoms with E-state index in [0.29, 0.717) is 25.0 Å². The van der Waals surface area contributed by atoms with Crippen molar-refractivity contribution in [3.8, 4) is 11.1 Å². The van der Waals surface area contributed by atoms with Crippen LogP contribution in [0.2, 0.25) is 0 Å². The van der Waals surface area contributed by atoms with Gasteiger partial charge in [-0.3, -0.25) is 14.4 Å². The summed E-state index contributed by atoms with van der Waals surface area (Å²) < 4.78 is 25.9. The van der Waals surface area contributed by atoms with Crippen LogP contribution in [0.25, 0.3) is 11.1 Å². The summed E-state index contributed by atoms with van der Waals surface area (Å²) >= 11 is 4.19. The van der Waals surface area contributed by atoms with Crippen molar-refractivity contribution in [3.63, 3.8) is 0 Å². The van der Waals surface area contributed by atoms with Gasteiger partial charge in [0.05, 0.1) is 18.7 Å². The number of nitrogens with zero attached hydrogens (tertiary/aromatic N) is 1. The molecule has 12 nitrogen and oxygen atoms in total. The molecule has 2 aliphatic rings. The Labute approximate surface area is 312 Å². The number of esters is 1. The molecule has 2 aromatic carbocycles. The minimum Gasteiger partial charge on any atom is -0.456 e. The lowest BCUT2D eigenvalue weighted by molar-refractivity contribution is -0.152. The summed E-state index contributed by atoms with van der Waals surface area (Å²) in [7, 11) is 0. The highest BCUT2D eigenvalue weighted by Gasteiger charge is 2.30. The van der Waals surface area contributed by atoms with Crippen LogP contribution < -0.4 is 21.3 Å². The van der Waals surface area contributed by atoms with Gasteiger partial charge in [-0.1, -0.05) is 60.7 Å². The van der Waals surface area contributed by atoms with E-state index in [2.05, 4.69) is 51.0 Å². The Morgan fingerprint density at radius 2 is 1.74 bits per heavy atom. The van der Waals surface area contributed by atoms with Crippen molar-refractivity contribution in [2.45, 2.75) is 63.6 Å². The Balaban J connectivity index is 1.21. The van der Waals surface area contributed by atoms with Crippen LogP contribution in [-0.4, -0.2) is 65.8 Å². The third kappa shape index (κ3) is 10.3. The zero-order chi connectivity index (χ0) is 37.7. The van der Waals surface area contributed by atoms with Crippen LogP contribution in [0.5, 0.6) is 0 Å². The average molecular weight is 744 g/mol. The summed E-state index contributed by atoms with van der Waals surface area (Å²) in [6.07, 6.45) is 4.28. The first kappa shape index (κ1) is 38.7. The average Bonchev–Trinajstić information content (AvgIpc) is 3.48. The smallest absolute Gasteiger partial charge is 0.407 e. The molecule has 0 fully saturated rings. The Morgan fingerprint density at radius 3 is 2.43 bits per heavy atom. The number of carbonyl (C=O) groups excluding carboxylic acids is 5. The quantitative estimate of drug-likeness (QED) is 0.0647. The molecule has 2 heterocycles. The van der Waals surface area contributed by atoms with Crippen LogP contribution in [0.3, 0.4) is 0 Å². The number of hydrogen-bond donors (Lipinski definition) is 5. The number of halogens is 1. The molecular formula is C39H42FN5O7S. The normalized spacial score (nSPS) is 18.8. The van der Waals surface area contributed by atoms with Crippen molar-refractivity contribution in [1.82, 2.24) is 26.3 Å². The Hall–Kier alpha value is -5.50. The lowest BCUT2D eigenvalue weighted by Gasteiger charge is -2.22. The maximum absolute atomic E-state index is 14.6. The second-order valence-electron chi connectivity index (χ2n) is 12.5. The van der Waals surface area contributed by atoms with Crippen LogP contribution in [0.1, 0.15) is 72.3 Å². The Morgan fingerprint density at radius 1 is 1.02 bits per heavy atom. The lowest BCUT2D eigenvalue weighted by atomic mass is 9.98. The predicted molar refractivity (Wildman–Crippen MR) is 198 cm³/mol. The summed E-state index contributed by atoms with van der Waals surface area (Å²) in [5.74, 6) is -3.57. The summed E-state index contributed by atoms with van der Waals surface area (Å²) in [4.78, 5) is 69.3. The van der Waals surface area contributed by atoms with E-state index in [0.717, 1.165) is 28.3 Å². The highest BCUT2D eigenvalue weighted by Crippen LogP contribution is 2.44. The third-order valence-corrected chi connectivity index (χ3v) is 9.05. The van der Waals surface area contributed by atoms with Crippen molar-refractivity contribution >= 4 is 42.4 Å². The first-order chi connectivity index (χ1) is 25.7. The number of amides is 4. The molecule has 0 unspecified atom stereocenters. The van der Waals surface area contributed by atoms with Gasteiger partial charge in [-0.25, -0.2) is 19.0 Å². The van der Waals surface area contributed by atoms with Gasteiger partial charge in [0, 0.05) is 12.5 Å². The third-order valence-electron chi connectivity index (χ3n) is 8.79. The molecule has 1 aliphatic heterocycles. The van der Waals surface area contributed by atoms with Gasteiger partial charge in [0.2, 0.25) is 5.91 Å². The number of cyclic esters (lactones) is 1. The summed E-state index contributed by atoms with van der Waals surface area (Å²) in [6, 6.07) is 17.3. The van der Waals surface area contributed by atoms with Crippen molar-refractivity contribution in [1.29, 1.82) is 0 Å². The lowest BCUT2D eigenvalue weighted by Crippen LogP contribution is -2.46. The molecule has 4 amide bonds. The molecule has 0 radical (unpaired) electrons. The minimum absolute atomic E-state index is 0.0821. The van der Waals surface area contributed by atoms with E-state index in [9.17, 15) is 28.4 Å². The molecule has 2 atom stereocenters. The zero-order valence-corrected chi connectivity index (χ0v) is 30.1. The number of unbranched alkanes of at least 4 members (excludes halogenated alkanes) is 1. The molecule has 5 rings (SSSR count). The Bertz CT molecular complexity index is 1860. The number of allylic oxidation sites excluding steroid dienone is 2. The van der Waals surface area contributed by atoms with Gasteiger partial charge in [0.1, 0.15) is 24.4 Å². The van der Waals surface area contributed by atoms with Gasteiger partial charge in [-0.2, -0.15) is 12.6 Å². The number of ether oxygens (including phenoxy) is 2. The molecule has 3 aromatic rings. The van der Waals surface area contributed by atoms with Gasteiger partial charge < -0.3 is 30.7 Å². The van der Waals surface area contributed by atoms with Crippen LogP contribution >= 0.6 is 12.6 Å². The second-order valence-corrected chi connectivity index (χ2v) is 12.9. The van der Waals surface area contributed by atoms with E-state index in [4.69, 9.17) is 9.47 Å². The number of carbonyl (C=O) groups is 5. The van der Waals surface area contributed by atoms with E-state index in [1.165, 1.54) is 19.1 Å². The first-order valence-corrected chi connectivity index (χ1v) is 18.1. The molecule has 4 N–H and O–H groups in total. The zero-order valence-electron chi connectivity index (χ0n) is 29.2. The molecule has 53 heavy (non-hydrogen) atoms. The largest absolute Gasteiger partial charge is 0.456 e. The highest BCUT2D eigenvalue weighted by molar-refractivity contribution is 7.80. The fourth-order valence-electron chi connectivity index (χ4n) is 6.13. The summed E-state index contributed by atoms with van der Waals surface area (Å²) in [6.45, 7) is 1.77. The van der Waals surface area contributed by atoms with Gasteiger partial charge in [0.15, 0.2) is 11.5 Å². The van der Waals surface area contributed by atoms with Gasteiger partial charge in [-0.05, 0) is 78.8 Å². The molecule has 14 heteroatoms. The number of hydrogen-bond acceptors (Lipinski definition) is 9. The summed E-state index contributed by atoms with van der Waals surface area (Å²) in [5, 5.41) is 10.3. The number of pyridine rings is 1. The molecule has 2 bridgehead atoms. The monoisotopic (exact) mass is 743 g/mol. The fraction of sp³-hybridized carbons (Fsp3) is 0.333. The van der Waals surface area contributed by atoms with Gasteiger partial charge in [-0.15, -0.1) is 0 Å². The van der Waals surface area contributed by atoms with Crippen LogP contribution in [0, 0.1) is 5.82 Å². The maximum atomic E-state index is 14.6. The Kier molecular flexibility index (Phi) is 13.8. The molecular weight excluding hydrogens is 702 g/mol. The van der Waals surface area contributed by atoms with Gasteiger partial charge in [0.25, 0.3) is 11.8 Å². The maximum Gasteiger partial charge on any atom is 0.407 e. The second kappa shape index (κ2) is 18.8. The van der Waals surface area contributed by atoms with Crippen LogP contribution in [-0.2, 0) is 30.4 Å². The van der Waals surface area contributed by atoms with E-state index in [1.807, 2.05) is 36.4 Å². The van der Waals surface area contributed by atoms with Crippen molar-refractivity contribution in [2.75, 3.05) is 18.9 Å².